The molecule has 0 aliphatic carbocycles. The number of aromatic nitrogens is 1. The highest BCUT2D eigenvalue weighted by molar-refractivity contribution is 5.97. The average molecular weight is 383 g/mol. The van der Waals surface area contributed by atoms with Crippen LogP contribution in [0.25, 0.3) is 0 Å². The Kier molecular flexibility index (Phi) is 6.19. The number of pyridine rings is 1. The van der Waals surface area contributed by atoms with Crippen molar-refractivity contribution in [2.45, 2.75) is 53.1 Å². The number of hydrogen-bond acceptors (Lipinski definition) is 4. The third-order valence-corrected chi connectivity index (χ3v) is 5.41. The SMILES string of the molecule is Cc1cc(NC2CCNCC2)c(C)c(C(=O)NCc2c(C)cc(C)[nH]c2=O)c1. The fourth-order valence-electron chi connectivity index (χ4n) is 3.80. The number of benzene rings is 1. The van der Waals surface area contributed by atoms with Crippen LogP contribution in [0.15, 0.2) is 23.0 Å². The number of rotatable bonds is 5. The average Bonchev–Trinajstić information content (AvgIpc) is 2.64. The van der Waals surface area contributed by atoms with Crippen molar-refractivity contribution in [2.75, 3.05) is 18.4 Å². The Morgan fingerprint density at radius 2 is 1.82 bits per heavy atom. The van der Waals surface area contributed by atoms with Crippen LogP contribution in [-0.2, 0) is 6.54 Å². The third kappa shape index (κ3) is 4.62. The van der Waals surface area contributed by atoms with Gasteiger partial charge in [-0.3, -0.25) is 9.59 Å². The van der Waals surface area contributed by atoms with Crippen LogP contribution >= 0.6 is 0 Å². The molecule has 0 spiro atoms. The van der Waals surface area contributed by atoms with Crippen LogP contribution in [0.5, 0.6) is 0 Å². The number of carbonyl (C=O) groups is 1. The third-order valence-electron chi connectivity index (χ3n) is 5.41. The van der Waals surface area contributed by atoms with Gasteiger partial charge in [-0.25, -0.2) is 0 Å². The minimum Gasteiger partial charge on any atom is -0.382 e. The van der Waals surface area contributed by atoms with E-state index in [4.69, 9.17) is 0 Å². The maximum atomic E-state index is 12.9. The van der Waals surface area contributed by atoms with Gasteiger partial charge in [-0.15, -0.1) is 0 Å². The molecule has 6 nitrogen and oxygen atoms in total. The van der Waals surface area contributed by atoms with E-state index in [1.807, 2.05) is 39.8 Å². The molecule has 0 saturated carbocycles. The van der Waals surface area contributed by atoms with Crippen LogP contribution in [-0.4, -0.2) is 30.0 Å². The highest BCUT2D eigenvalue weighted by atomic mass is 16.1. The van der Waals surface area contributed by atoms with E-state index in [2.05, 4.69) is 27.0 Å². The summed E-state index contributed by atoms with van der Waals surface area (Å²) in [5.41, 5.74) is 5.80. The summed E-state index contributed by atoms with van der Waals surface area (Å²) < 4.78 is 0. The van der Waals surface area contributed by atoms with Gasteiger partial charge in [0.25, 0.3) is 11.5 Å². The van der Waals surface area contributed by atoms with Gasteiger partial charge in [0.05, 0.1) is 0 Å². The maximum Gasteiger partial charge on any atom is 0.253 e. The van der Waals surface area contributed by atoms with Crippen molar-refractivity contribution in [1.82, 2.24) is 15.6 Å². The first-order valence-electron chi connectivity index (χ1n) is 9.91. The normalized spacial score (nSPS) is 14.7. The fraction of sp³-hybridized carbons (Fsp3) is 0.455. The number of anilines is 1. The second-order valence-corrected chi connectivity index (χ2v) is 7.78. The molecule has 1 aliphatic heterocycles. The Hall–Kier alpha value is -2.60. The van der Waals surface area contributed by atoms with E-state index >= 15 is 0 Å². The zero-order chi connectivity index (χ0) is 20.3. The molecule has 150 valence electrons. The van der Waals surface area contributed by atoms with Crippen molar-refractivity contribution in [3.63, 3.8) is 0 Å². The zero-order valence-corrected chi connectivity index (χ0v) is 17.2. The molecule has 2 heterocycles. The predicted molar refractivity (Wildman–Crippen MR) is 113 cm³/mol. The Morgan fingerprint density at radius 3 is 2.50 bits per heavy atom. The molecule has 2 aromatic rings. The molecular weight excluding hydrogens is 352 g/mol. The number of piperidine rings is 1. The Morgan fingerprint density at radius 1 is 1.11 bits per heavy atom. The lowest BCUT2D eigenvalue weighted by Gasteiger charge is -2.26. The van der Waals surface area contributed by atoms with E-state index in [9.17, 15) is 9.59 Å². The monoisotopic (exact) mass is 382 g/mol. The number of hydrogen-bond donors (Lipinski definition) is 4. The quantitative estimate of drug-likeness (QED) is 0.640. The van der Waals surface area contributed by atoms with Crippen molar-refractivity contribution in [2.24, 2.45) is 0 Å². The van der Waals surface area contributed by atoms with Crippen LogP contribution < -0.4 is 21.5 Å². The molecule has 4 N–H and O–H groups in total. The topological polar surface area (TPSA) is 86.0 Å². The van der Waals surface area contributed by atoms with Crippen LogP contribution in [0.4, 0.5) is 5.69 Å². The molecule has 1 aliphatic rings. The lowest BCUT2D eigenvalue weighted by Crippen LogP contribution is -2.35. The summed E-state index contributed by atoms with van der Waals surface area (Å²) in [6.07, 6.45) is 2.15. The van der Waals surface area contributed by atoms with Crippen LogP contribution in [0.3, 0.4) is 0 Å². The van der Waals surface area contributed by atoms with E-state index in [1.54, 1.807) is 0 Å². The number of H-pyrrole nitrogens is 1. The first kappa shape index (κ1) is 20.1. The van der Waals surface area contributed by atoms with Crippen LogP contribution in [0, 0.1) is 27.7 Å². The number of nitrogens with one attached hydrogen (secondary N) is 4. The van der Waals surface area contributed by atoms with E-state index in [1.165, 1.54) is 0 Å². The number of aryl methyl sites for hydroxylation is 3. The molecule has 0 unspecified atom stereocenters. The Labute approximate surface area is 166 Å². The van der Waals surface area contributed by atoms with Gasteiger partial charge in [-0.2, -0.15) is 0 Å². The summed E-state index contributed by atoms with van der Waals surface area (Å²) in [5.74, 6) is -0.158. The number of aromatic amines is 1. The lowest BCUT2D eigenvalue weighted by molar-refractivity contribution is 0.0950. The summed E-state index contributed by atoms with van der Waals surface area (Å²) in [6.45, 7) is 9.96. The standard InChI is InChI=1S/C22H30N4O2/c1-13-9-18(16(4)20(10-13)26-17-5-7-23-8-6-17)21(27)24-12-19-14(2)11-15(3)25-22(19)28/h9-11,17,23,26H,5-8,12H2,1-4H3,(H,24,27)(H,25,28). The molecule has 0 atom stereocenters. The summed E-state index contributed by atoms with van der Waals surface area (Å²) in [7, 11) is 0. The van der Waals surface area contributed by atoms with Crippen molar-refractivity contribution in [3.05, 3.63) is 62.1 Å². The minimum atomic E-state index is -0.158. The van der Waals surface area contributed by atoms with Gasteiger partial charge < -0.3 is 20.9 Å². The predicted octanol–water partition coefficient (Wildman–Crippen LogP) is 2.70. The molecule has 3 rings (SSSR count). The van der Waals surface area contributed by atoms with Crippen molar-refractivity contribution >= 4 is 11.6 Å². The summed E-state index contributed by atoms with van der Waals surface area (Å²) in [5, 5.41) is 9.90. The minimum absolute atomic E-state index is 0.146. The van der Waals surface area contributed by atoms with Gasteiger partial charge in [0, 0.05) is 35.1 Å². The lowest BCUT2D eigenvalue weighted by atomic mass is 10.00. The van der Waals surface area contributed by atoms with E-state index in [0.29, 0.717) is 17.2 Å². The number of amides is 1. The summed E-state index contributed by atoms with van der Waals surface area (Å²) in [6, 6.07) is 6.35. The molecule has 1 amide bonds. The van der Waals surface area contributed by atoms with Crippen LogP contribution in [0.1, 0.15) is 51.1 Å². The highest BCUT2D eigenvalue weighted by Gasteiger charge is 2.18. The summed E-state index contributed by atoms with van der Waals surface area (Å²) >= 11 is 0. The molecule has 1 aromatic carbocycles. The molecule has 28 heavy (non-hydrogen) atoms. The Balaban J connectivity index is 1.77. The van der Waals surface area contributed by atoms with Gasteiger partial charge in [-0.05, 0) is 88.5 Å². The van der Waals surface area contributed by atoms with Gasteiger partial charge >= 0.3 is 0 Å². The molecule has 6 heteroatoms. The first-order chi connectivity index (χ1) is 13.3. The summed E-state index contributed by atoms with van der Waals surface area (Å²) in [4.78, 5) is 27.8. The fourth-order valence-corrected chi connectivity index (χ4v) is 3.80. The highest BCUT2D eigenvalue weighted by Crippen LogP contribution is 2.24. The molecule has 1 fully saturated rings. The molecule has 1 aromatic heterocycles. The maximum absolute atomic E-state index is 12.9. The van der Waals surface area contributed by atoms with Crippen LogP contribution in [0.2, 0.25) is 0 Å². The molecule has 0 radical (unpaired) electrons. The smallest absolute Gasteiger partial charge is 0.253 e. The second-order valence-electron chi connectivity index (χ2n) is 7.78. The van der Waals surface area contributed by atoms with E-state index < -0.39 is 0 Å². The van der Waals surface area contributed by atoms with Crippen molar-refractivity contribution in [3.8, 4) is 0 Å². The van der Waals surface area contributed by atoms with Crippen molar-refractivity contribution in [1.29, 1.82) is 0 Å². The van der Waals surface area contributed by atoms with Gasteiger partial charge in [0.1, 0.15) is 0 Å². The van der Waals surface area contributed by atoms with E-state index in [0.717, 1.165) is 54.0 Å². The van der Waals surface area contributed by atoms with Gasteiger partial charge in [0.2, 0.25) is 0 Å². The molecule has 1 saturated heterocycles. The van der Waals surface area contributed by atoms with Crippen molar-refractivity contribution < 1.29 is 4.79 Å². The zero-order valence-electron chi connectivity index (χ0n) is 17.2. The van der Waals surface area contributed by atoms with Gasteiger partial charge in [0.15, 0.2) is 0 Å². The van der Waals surface area contributed by atoms with E-state index in [-0.39, 0.29) is 18.0 Å². The Bertz CT molecular complexity index is 927. The molecular formula is C22H30N4O2. The number of carbonyl (C=O) groups excluding carboxylic acids is 1. The van der Waals surface area contributed by atoms with Gasteiger partial charge in [-0.1, -0.05) is 0 Å². The second kappa shape index (κ2) is 8.61. The first-order valence-corrected chi connectivity index (χ1v) is 9.91. The molecule has 0 bridgehead atoms. The largest absolute Gasteiger partial charge is 0.382 e.